The minimum Gasteiger partial charge on any atom is -0.371 e. The third kappa shape index (κ3) is 9.73. The molecule has 3 aromatic rings. The number of nitrogens with one attached hydrogen (secondary N) is 2. The smallest absolute Gasteiger partial charge is 0.371 e. The van der Waals surface area contributed by atoms with Crippen LogP contribution in [0.5, 0.6) is 0 Å². The molecule has 7 heterocycles. The Labute approximate surface area is 381 Å². The van der Waals surface area contributed by atoms with Crippen LogP contribution in [-0.4, -0.2) is 134 Å². The highest BCUT2D eigenvalue weighted by Crippen LogP contribution is 2.36. The van der Waals surface area contributed by atoms with Crippen molar-refractivity contribution in [2.75, 3.05) is 98.6 Å². The van der Waals surface area contributed by atoms with Gasteiger partial charge in [-0.3, -0.25) is 39.1 Å². The lowest BCUT2D eigenvalue weighted by atomic mass is 9.92. The highest BCUT2D eigenvalue weighted by atomic mass is 19.4. The Hall–Kier alpha value is -6.06. The maximum Gasteiger partial charge on any atom is 0.417 e. The molecule has 9 rings (SSSR count). The van der Waals surface area contributed by atoms with Crippen LogP contribution in [-0.2, 0) is 20.6 Å². The number of pyridine rings is 1. The van der Waals surface area contributed by atoms with E-state index in [0.29, 0.717) is 60.4 Å². The van der Waals surface area contributed by atoms with E-state index in [9.17, 15) is 37.1 Å². The molecule has 2 aromatic carbocycles. The van der Waals surface area contributed by atoms with Crippen LogP contribution in [0.4, 0.5) is 36.1 Å². The van der Waals surface area contributed by atoms with Gasteiger partial charge in [-0.1, -0.05) is 0 Å². The summed E-state index contributed by atoms with van der Waals surface area (Å²) in [6.07, 6.45) is 2.97. The van der Waals surface area contributed by atoms with Gasteiger partial charge in [-0.15, -0.1) is 0 Å². The maximum absolute atomic E-state index is 13.5. The summed E-state index contributed by atoms with van der Waals surface area (Å²) < 4.78 is 40.5. The zero-order chi connectivity index (χ0) is 46.1. The van der Waals surface area contributed by atoms with Crippen molar-refractivity contribution in [1.29, 1.82) is 5.26 Å². The summed E-state index contributed by atoms with van der Waals surface area (Å²) in [5.74, 6) is -0.633. The molecule has 0 radical (unpaired) electrons. The SMILES string of the molecule is N#Cc1ccc(N2CCC(C(=O)Nc3ccc(N4CCC(CN5CCC(CN6CCN(c7ccc8c(c7)C(=O)N(C7CCC(=O)NC7=O)C8=O)CC6)CC5)CC4)cn3)CC2)cc1C(F)(F)F. The van der Waals surface area contributed by atoms with Gasteiger partial charge in [-0.2, -0.15) is 18.4 Å². The average Bonchev–Trinajstić information content (AvgIpc) is 3.57. The molecule has 18 heteroatoms. The Bertz CT molecular complexity index is 2380. The van der Waals surface area contributed by atoms with E-state index in [2.05, 4.69) is 35.2 Å². The molecule has 66 heavy (non-hydrogen) atoms. The van der Waals surface area contributed by atoms with Crippen LogP contribution in [0.3, 0.4) is 0 Å². The fourth-order valence-corrected chi connectivity index (χ4v) is 10.6. The number of nitriles is 1. The van der Waals surface area contributed by atoms with Crippen molar-refractivity contribution in [3.63, 3.8) is 0 Å². The van der Waals surface area contributed by atoms with Crippen molar-refractivity contribution in [3.8, 4) is 6.07 Å². The highest BCUT2D eigenvalue weighted by Gasteiger charge is 2.45. The third-order valence-electron chi connectivity index (χ3n) is 14.5. The lowest BCUT2D eigenvalue weighted by molar-refractivity contribution is -0.138. The number of nitrogens with zero attached hydrogens (tertiary/aromatic N) is 8. The van der Waals surface area contributed by atoms with Crippen LogP contribution >= 0.6 is 0 Å². The molecule has 0 bridgehead atoms. The van der Waals surface area contributed by atoms with Crippen molar-refractivity contribution >= 4 is 52.4 Å². The molecular weight excluding hydrogens is 854 g/mol. The van der Waals surface area contributed by atoms with Crippen molar-refractivity contribution in [2.45, 2.75) is 63.6 Å². The molecule has 5 saturated heterocycles. The number of amides is 5. The molecule has 2 N–H and O–H groups in total. The number of piperazine rings is 1. The molecule has 5 amide bonds. The Kier molecular flexibility index (Phi) is 13.0. The minimum atomic E-state index is -4.62. The molecule has 348 valence electrons. The van der Waals surface area contributed by atoms with Gasteiger partial charge in [-0.25, -0.2) is 4.98 Å². The minimum absolute atomic E-state index is 0.0894. The summed E-state index contributed by atoms with van der Waals surface area (Å²) in [4.78, 5) is 80.9. The largest absolute Gasteiger partial charge is 0.417 e. The molecule has 6 aliphatic rings. The predicted molar refractivity (Wildman–Crippen MR) is 240 cm³/mol. The highest BCUT2D eigenvalue weighted by molar-refractivity contribution is 6.23. The van der Waals surface area contributed by atoms with Crippen LogP contribution < -0.4 is 25.3 Å². The molecule has 0 saturated carbocycles. The molecule has 0 spiro atoms. The Morgan fingerprint density at radius 2 is 1.27 bits per heavy atom. The number of piperidine rings is 4. The van der Waals surface area contributed by atoms with Crippen LogP contribution in [0.25, 0.3) is 0 Å². The van der Waals surface area contributed by atoms with Gasteiger partial charge in [0.1, 0.15) is 11.9 Å². The van der Waals surface area contributed by atoms with Crippen molar-refractivity contribution in [2.24, 2.45) is 17.8 Å². The van der Waals surface area contributed by atoms with Gasteiger partial charge in [0.05, 0.1) is 40.2 Å². The number of imide groups is 2. The number of halogens is 3. The van der Waals surface area contributed by atoms with E-state index in [1.807, 2.05) is 29.3 Å². The van der Waals surface area contributed by atoms with E-state index in [1.54, 1.807) is 18.2 Å². The summed E-state index contributed by atoms with van der Waals surface area (Å²) in [5.41, 5.74) is 1.57. The second kappa shape index (κ2) is 19.0. The van der Waals surface area contributed by atoms with Gasteiger partial charge < -0.3 is 24.9 Å². The number of rotatable bonds is 10. The molecule has 1 atom stereocenters. The van der Waals surface area contributed by atoms with Gasteiger partial charge in [0.15, 0.2) is 0 Å². The summed E-state index contributed by atoms with van der Waals surface area (Å²) in [6, 6.07) is 13.6. The van der Waals surface area contributed by atoms with Gasteiger partial charge in [0.25, 0.3) is 11.8 Å². The molecule has 0 aliphatic carbocycles. The Morgan fingerprint density at radius 1 is 0.697 bits per heavy atom. The maximum atomic E-state index is 13.5. The number of likely N-dealkylation sites (tertiary alicyclic amines) is 1. The molecule has 1 aromatic heterocycles. The number of benzene rings is 2. The van der Waals surface area contributed by atoms with Crippen LogP contribution in [0.1, 0.15) is 83.2 Å². The molecule has 1 unspecified atom stereocenters. The summed E-state index contributed by atoms with van der Waals surface area (Å²) in [5, 5.41) is 14.3. The summed E-state index contributed by atoms with van der Waals surface area (Å²) in [6.45, 7) is 10.6. The topological polar surface area (TPSA) is 166 Å². The predicted octanol–water partition coefficient (Wildman–Crippen LogP) is 4.98. The van der Waals surface area contributed by atoms with E-state index in [-0.39, 0.29) is 24.7 Å². The van der Waals surface area contributed by atoms with Crippen LogP contribution in [0.15, 0.2) is 54.7 Å². The monoisotopic (exact) mass is 908 g/mol. The van der Waals surface area contributed by atoms with Gasteiger partial charge in [0, 0.05) is 89.2 Å². The number of hydrogen-bond acceptors (Lipinski definition) is 12. The van der Waals surface area contributed by atoms with Crippen LogP contribution in [0.2, 0.25) is 0 Å². The second-order valence-electron chi connectivity index (χ2n) is 18.6. The van der Waals surface area contributed by atoms with E-state index in [1.165, 1.54) is 25.0 Å². The molecule has 15 nitrogen and oxygen atoms in total. The number of anilines is 4. The van der Waals surface area contributed by atoms with Gasteiger partial charge in [0.2, 0.25) is 17.7 Å². The van der Waals surface area contributed by atoms with Crippen molar-refractivity contribution in [1.82, 2.24) is 25.0 Å². The number of hydrogen-bond donors (Lipinski definition) is 2. The Morgan fingerprint density at radius 3 is 1.91 bits per heavy atom. The van der Waals surface area contributed by atoms with Gasteiger partial charge >= 0.3 is 6.18 Å². The first-order valence-electron chi connectivity index (χ1n) is 23.2. The number of fused-ring (bicyclic) bond motifs is 1. The number of carbonyl (C=O) groups excluding carboxylic acids is 5. The normalized spacial score (nSPS) is 22.1. The zero-order valence-corrected chi connectivity index (χ0v) is 36.9. The molecule has 5 fully saturated rings. The average molecular weight is 909 g/mol. The third-order valence-corrected chi connectivity index (χ3v) is 14.5. The summed E-state index contributed by atoms with van der Waals surface area (Å²) in [7, 11) is 0. The van der Waals surface area contributed by atoms with E-state index in [0.717, 1.165) is 101 Å². The first kappa shape index (κ1) is 45.1. The zero-order valence-electron chi connectivity index (χ0n) is 36.9. The first-order valence-corrected chi connectivity index (χ1v) is 23.2. The molecule has 6 aliphatic heterocycles. The second-order valence-corrected chi connectivity index (χ2v) is 18.6. The standard InChI is InChI=1S/C48H55F3N10O5/c49-48(50,51)40-26-36(2-1-34(40)27-52)58-19-13-33(14-20-58)44(63)54-42-7-4-37(28-53-42)59-17-11-32(12-18-59)29-56-15-9-31(10-16-56)30-57-21-23-60(24-22-57)35-3-5-38-39(25-35)47(66)61(46(38)65)41-6-8-43(62)55-45(41)64/h1-5,7,25-26,28,31-33,41H,6,8-24,29-30H2,(H,53,54,63)(H,55,62,64). The molecular formula is C48H55F3N10O5. The van der Waals surface area contributed by atoms with Crippen molar-refractivity contribution in [3.05, 3.63) is 77.0 Å². The van der Waals surface area contributed by atoms with Crippen LogP contribution in [0, 0.1) is 29.1 Å². The van der Waals surface area contributed by atoms with E-state index in [4.69, 9.17) is 5.26 Å². The fraction of sp³-hybridized carbons (Fsp3) is 0.521. The quantitative estimate of drug-likeness (QED) is 0.263. The number of carbonyl (C=O) groups is 5. The van der Waals surface area contributed by atoms with E-state index < -0.39 is 47.0 Å². The number of alkyl halides is 3. The van der Waals surface area contributed by atoms with Crippen molar-refractivity contribution < 1.29 is 37.1 Å². The lowest BCUT2D eigenvalue weighted by Gasteiger charge is -2.41. The lowest BCUT2D eigenvalue weighted by Crippen LogP contribution is -2.54. The fourth-order valence-electron chi connectivity index (χ4n) is 10.6. The Balaban J connectivity index is 0.661. The first-order chi connectivity index (χ1) is 31.8. The van der Waals surface area contributed by atoms with Gasteiger partial charge in [-0.05, 0) is 118 Å². The number of aromatic nitrogens is 1. The van der Waals surface area contributed by atoms with E-state index >= 15 is 0 Å². The summed E-state index contributed by atoms with van der Waals surface area (Å²) >= 11 is 0.